The van der Waals surface area contributed by atoms with Gasteiger partial charge in [-0.25, -0.2) is 0 Å². The first kappa shape index (κ1) is 15.8. The summed E-state index contributed by atoms with van der Waals surface area (Å²) in [6.07, 6.45) is 5.65. The molecule has 0 aliphatic heterocycles. The van der Waals surface area contributed by atoms with E-state index in [1.165, 1.54) is 21.9 Å². The molecule has 2 aromatic rings. The van der Waals surface area contributed by atoms with E-state index in [2.05, 4.69) is 80.7 Å². The van der Waals surface area contributed by atoms with Gasteiger partial charge < -0.3 is 4.74 Å². The van der Waals surface area contributed by atoms with Crippen LogP contribution in [0.5, 0.6) is 5.75 Å². The molecule has 0 N–H and O–H groups in total. The smallest absolute Gasteiger partial charge is 0.121 e. The molecule has 0 radical (unpaired) electrons. The number of allylic oxidation sites excluding steroid dienone is 4. The molecule has 1 aliphatic rings. The van der Waals surface area contributed by atoms with E-state index in [4.69, 9.17) is 4.74 Å². The topological polar surface area (TPSA) is 9.23 Å². The van der Waals surface area contributed by atoms with Crippen LogP contribution in [0.15, 0.2) is 65.9 Å². The van der Waals surface area contributed by atoms with Gasteiger partial charge in [0, 0.05) is 0 Å². The molecule has 0 saturated carbocycles. The fourth-order valence-electron chi connectivity index (χ4n) is 3.56. The number of benzene rings is 2. The van der Waals surface area contributed by atoms with Gasteiger partial charge in [-0.15, -0.1) is 0 Å². The Balaban J connectivity index is 2.15. The van der Waals surface area contributed by atoms with Crippen LogP contribution in [0.1, 0.15) is 17.5 Å². The number of methoxy groups -OCH3 is 1. The van der Waals surface area contributed by atoms with Gasteiger partial charge in [-0.1, -0.05) is 79.0 Å². The van der Waals surface area contributed by atoms with Crippen LogP contribution < -0.4 is 9.92 Å². The molecule has 0 fully saturated rings. The molecule has 1 nitrogen and oxygen atoms in total. The molecular formula is C21H24OSi. The summed E-state index contributed by atoms with van der Waals surface area (Å²) in [5, 5.41) is 2.99. The Hall–Kier alpha value is -2.06. The highest BCUT2D eigenvalue weighted by molar-refractivity contribution is 6.97. The third kappa shape index (κ3) is 2.79. The van der Waals surface area contributed by atoms with Crippen molar-refractivity contribution in [1.82, 2.24) is 0 Å². The van der Waals surface area contributed by atoms with E-state index < -0.39 is 8.07 Å². The summed E-state index contributed by atoms with van der Waals surface area (Å²) in [5.74, 6) is 1.07. The lowest BCUT2D eigenvalue weighted by Gasteiger charge is -2.29. The lowest BCUT2D eigenvalue weighted by atomic mass is 10.1. The number of ether oxygens (including phenoxy) is 1. The number of rotatable bonds is 4. The second-order valence-electron chi connectivity index (χ2n) is 6.65. The average Bonchev–Trinajstić information content (AvgIpc) is 3.06. The number of para-hydroxylation sites is 1. The molecular weight excluding hydrogens is 296 g/mol. The Morgan fingerprint density at radius 1 is 0.957 bits per heavy atom. The monoisotopic (exact) mass is 320 g/mol. The number of hydrogen-bond acceptors (Lipinski definition) is 1. The van der Waals surface area contributed by atoms with Gasteiger partial charge >= 0.3 is 0 Å². The van der Waals surface area contributed by atoms with E-state index in [-0.39, 0.29) is 0 Å². The van der Waals surface area contributed by atoms with Gasteiger partial charge in [0.25, 0.3) is 0 Å². The molecule has 0 unspecified atom stereocenters. The molecule has 0 bridgehead atoms. The normalized spacial score (nSPS) is 14.4. The van der Waals surface area contributed by atoms with Gasteiger partial charge in [-0.2, -0.15) is 0 Å². The number of hydrogen-bond donors (Lipinski definition) is 0. The largest absolute Gasteiger partial charge is 0.497 e. The van der Waals surface area contributed by atoms with E-state index in [1.807, 2.05) is 0 Å². The van der Waals surface area contributed by atoms with E-state index in [1.54, 1.807) is 12.3 Å². The molecule has 118 valence electrons. The van der Waals surface area contributed by atoms with Crippen LogP contribution in [-0.4, -0.2) is 15.2 Å². The molecule has 0 saturated heterocycles. The van der Waals surface area contributed by atoms with Crippen LogP contribution in [0, 0.1) is 6.92 Å². The molecule has 0 atom stereocenters. The van der Waals surface area contributed by atoms with Crippen LogP contribution in [-0.2, 0) is 0 Å². The second kappa shape index (κ2) is 6.21. The Kier molecular flexibility index (Phi) is 4.27. The maximum atomic E-state index is 5.75. The summed E-state index contributed by atoms with van der Waals surface area (Å²) < 4.78 is 5.75. The first-order valence-corrected chi connectivity index (χ1v) is 11.2. The highest BCUT2D eigenvalue weighted by Crippen LogP contribution is 2.35. The van der Waals surface area contributed by atoms with Crippen LogP contribution in [0.3, 0.4) is 0 Å². The van der Waals surface area contributed by atoms with E-state index in [9.17, 15) is 0 Å². The minimum Gasteiger partial charge on any atom is -0.497 e. The summed E-state index contributed by atoms with van der Waals surface area (Å²) in [6, 6.07) is 17.3. The minimum atomic E-state index is -1.80. The van der Waals surface area contributed by atoms with Gasteiger partial charge in [-0.05, 0) is 35.2 Å². The molecule has 0 heterocycles. The van der Waals surface area contributed by atoms with Crippen molar-refractivity contribution >= 4 is 18.8 Å². The van der Waals surface area contributed by atoms with Crippen molar-refractivity contribution in [2.24, 2.45) is 0 Å². The Labute approximate surface area is 140 Å². The van der Waals surface area contributed by atoms with Crippen molar-refractivity contribution in [1.29, 1.82) is 0 Å². The zero-order valence-corrected chi connectivity index (χ0v) is 15.4. The maximum Gasteiger partial charge on any atom is 0.121 e. The van der Waals surface area contributed by atoms with Crippen LogP contribution in [0.25, 0.3) is 5.57 Å². The van der Waals surface area contributed by atoms with Crippen molar-refractivity contribution in [2.45, 2.75) is 26.4 Å². The van der Waals surface area contributed by atoms with Gasteiger partial charge in [0.2, 0.25) is 0 Å². The zero-order chi connectivity index (χ0) is 16.4. The lowest BCUT2D eigenvalue weighted by molar-refractivity contribution is 0.415. The fourth-order valence-corrected chi connectivity index (χ4v) is 6.80. The molecule has 3 rings (SSSR count). The Bertz CT molecular complexity index is 770. The molecule has 0 spiro atoms. The molecule has 2 heteroatoms. The summed E-state index contributed by atoms with van der Waals surface area (Å²) in [4.78, 5) is 0. The first-order valence-electron chi connectivity index (χ1n) is 8.15. The second-order valence-corrected chi connectivity index (χ2v) is 11.0. The SMILES string of the molecule is COc1c(C)cccc1[Si](C)(C)C1=C(c2ccccc2)C=CC1. The third-order valence-corrected chi connectivity index (χ3v) is 8.58. The first-order chi connectivity index (χ1) is 11.1. The Morgan fingerprint density at radius 3 is 2.39 bits per heavy atom. The molecule has 23 heavy (non-hydrogen) atoms. The molecule has 0 aromatic heterocycles. The van der Waals surface area contributed by atoms with Crippen LogP contribution in [0.4, 0.5) is 0 Å². The summed E-state index contributed by atoms with van der Waals surface area (Å²) >= 11 is 0. The van der Waals surface area contributed by atoms with Gasteiger partial charge in [0.1, 0.15) is 13.8 Å². The van der Waals surface area contributed by atoms with E-state index in [0.717, 1.165) is 12.2 Å². The van der Waals surface area contributed by atoms with E-state index in [0.29, 0.717) is 0 Å². The standard InChI is InChI=1S/C21H24OSi/c1-16-10-8-15-20(21(16)22-2)23(3,4)19-14-9-13-18(19)17-11-6-5-7-12-17/h5-13,15H,14H2,1-4H3. The maximum absolute atomic E-state index is 5.75. The van der Waals surface area contributed by atoms with Gasteiger partial charge in [0.15, 0.2) is 0 Å². The molecule has 1 aliphatic carbocycles. The van der Waals surface area contributed by atoms with Crippen molar-refractivity contribution in [2.75, 3.05) is 7.11 Å². The van der Waals surface area contributed by atoms with Crippen molar-refractivity contribution in [3.63, 3.8) is 0 Å². The summed E-state index contributed by atoms with van der Waals surface area (Å²) in [5.41, 5.74) is 3.95. The fraction of sp³-hybridized carbons (Fsp3) is 0.238. The predicted molar refractivity (Wildman–Crippen MR) is 102 cm³/mol. The highest BCUT2D eigenvalue weighted by atomic mass is 28.3. The summed E-state index contributed by atoms with van der Waals surface area (Å²) in [6.45, 7) is 7.01. The summed E-state index contributed by atoms with van der Waals surface area (Å²) in [7, 11) is -0.00961. The highest BCUT2D eigenvalue weighted by Gasteiger charge is 2.34. The van der Waals surface area contributed by atoms with Crippen molar-refractivity contribution in [3.8, 4) is 5.75 Å². The zero-order valence-electron chi connectivity index (χ0n) is 14.4. The third-order valence-electron chi connectivity index (χ3n) is 4.86. The van der Waals surface area contributed by atoms with Crippen LogP contribution in [0.2, 0.25) is 13.1 Å². The van der Waals surface area contributed by atoms with E-state index >= 15 is 0 Å². The van der Waals surface area contributed by atoms with Crippen LogP contribution >= 0.6 is 0 Å². The predicted octanol–water partition coefficient (Wildman–Crippen LogP) is 4.87. The number of aryl methyl sites for hydroxylation is 1. The van der Waals surface area contributed by atoms with Gasteiger partial charge in [0.05, 0.1) is 7.11 Å². The van der Waals surface area contributed by atoms with Crippen molar-refractivity contribution in [3.05, 3.63) is 77.0 Å². The Morgan fingerprint density at radius 2 is 1.70 bits per heavy atom. The van der Waals surface area contributed by atoms with Gasteiger partial charge in [-0.3, -0.25) is 0 Å². The minimum absolute atomic E-state index is 1.06. The lowest BCUT2D eigenvalue weighted by Crippen LogP contribution is -2.44. The molecule has 0 amide bonds. The average molecular weight is 321 g/mol. The quantitative estimate of drug-likeness (QED) is 0.730. The molecule has 2 aromatic carbocycles. The van der Waals surface area contributed by atoms with Crippen molar-refractivity contribution < 1.29 is 4.74 Å².